The van der Waals surface area contributed by atoms with Gasteiger partial charge < -0.3 is 4.90 Å². The van der Waals surface area contributed by atoms with E-state index in [0.717, 1.165) is 54.3 Å². The molecule has 2 atom stereocenters. The number of hydrogen-bond acceptors (Lipinski definition) is 3. The minimum atomic E-state index is -0.158. The van der Waals surface area contributed by atoms with Gasteiger partial charge in [0.1, 0.15) is 0 Å². The Morgan fingerprint density at radius 1 is 1.28 bits per heavy atom. The number of hydrogen-bond donors (Lipinski definition) is 0. The van der Waals surface area contributed by atoms with Crippen LogP contribution in [-0.2, 0) is 18.4 Å². The normalized spacial score (nSPS) is 18.8. The molecule has 2 aromatic rings. The smallest absolute Gasteiger partial charge is 0.230 e. The van der Waals surface area contributed by atoms with Gasteiger partial charge in [0.15, 0.2) is 0 Å². The molecule has 6 heteroatoms. The van der Waals surface area contributed by atoms with E-state index in [0.29, 0.717) is 0 Å². The predicted octanol–water partition coefficient (Wildman–Crippen LogP) is 2.64. The van der Waals surface area contributed by atoms with E-state index in [9.17, 15) is 4.79 Å². The van der Waals surface area contributed by atoms with Gasteiger partial charge in [0.05, 0.1) is 29.9 Å². The van der Waals surface area contributed by atoms with E-state index in [1.807, 2.05) is 44.1 Å². The summed E-state index contributed by atoms with van der Waals surface area (Å²) in [5.41, 5.74) is 5.29. The molecule has 1 saturated heterocycles. The molecule has 1 fully saturated rings. The zero-order valence-electron chi connectivity index (χ0n) is 16.2. The van der Waals surface area contributed by atoms with Crippen molar-refractivity contribution in [1.29, 1.82) is 0 Å². The number of carbonyl (C=O) groups is 1. The second-order valence-electron chi connectivity index (χ2n) is 7.37. The third-order valence-electron chi connectivity index (χ3n) is 5.52. The van der Waals surface area contributed by atoms with Crippen LogP contribution in [0.15, 0.2) is 6.07 Å². The lowest BCUT2D eigenvalue weighted by Gasteiger charge is -2.28. The molecule has 3 rings (SSSR count). The van der Waals surface area contributed by atoms with Gasteiger partial charge in [0.2, 0.25) is 5.91 Å². The monoisotopic (exact) mass is 343 g/mol. The summed E-state index contributed by atoms with van der Waals surface area (Å²) >= 11 is 0. The molecule has 0 bridgehead atoms. The summed E-state index contributed by atoms with van der Waals surface area (Å²) in [5, 5.41) is 9.04. The zero-order valence-corrected chi connectivity index (χ0v) is 16.2. The van der Waals surface area contributed by atoms with Crippen LogP contribution in [0.1, 0.15) is 54.0 Å². The summed E-state index contributed by atoms with van der Waals surface area (Å²) in [5.74, 6) is 0.0537. The first-order valence-electron chi connectivity index (χ1n) is 9.11. The van der Waals surface area contributed by atoms with Crippen LogP contribution in [0.3, 0.4) is 0 Å². The Balaban J connectivity index is 1.79. The van der Waals surface area contributed by atoms with Crippen molar-refractivity contribution in [3.63, 3.8) is 0 Å². The van der Waals surface area contributed by atoms with Gasteiger partial charge in [0, 0.05) is 30.5 Å². The first kappa shape index (κ1) is 17.7. The predicted molar refractivity (Wildman–Crippen MR) is 97.5 cm³/mol. The fourth-order valence-corrected chi connectivity index (χ4v) is 4.16. The van der Waals surface area contributed by atoms with Crippen LogP contribution < -0.4 is 0 Å². The number of carbonyl (C=O) groups excluding carboxylic acids is 1. The summed E-state index contributed by atoms with van der Waals surface area (Å²) < 4.78 is 3.91. The Morgan fingerprint density at radius 2 is 2.00 bits per heavy atom. The first-order valence-corrected chi connectivity index (χ1v) is 9.11. The highest BCUT2D eigenvalue weighted by atomic mass is 16.2. The molecule has 2 aromatic heterocycles. The molecule has 0 unspecified atom stereocenters. The van der Waals surface area contributed by atoms with Crippen molar-refractivity contribution in [2.24, 2.45) is 7.05 Å². The molecule has 3 heterocycles. The Morgan fingerprint density at radius 3 is 2.56 bits per heavy atom. The van der Waals surface area contributed by atoms with E-state index in [1.54, 1.807) is 0 Å². The van der Waals surface area contributed by atoms with Gasteiger partial charge >= 0.3 is 0 Å². The summed E-state index contributed by atoms with van der Waals surface area (Å²) in [4.78, 5) is 15.3. The molecule has 1 aliphatic rings. The van der Waals surface area contributed by atoms with Crippen molar-refractivity contribution in [3.05, 3.63) is 34.4 Å². The minimum absolute atomic E-state index is 0.158. The zero-order chi connectivity index (χ0) is 18.3. The number of likely N-dealkylation sites (tertiary alicyclic amines) is 1. The molecule has 0 aromatic carbocycles. The fraction of sp³-hybridized carbons (Fsp3) is 0.632. The van der Waals surface area contributed by atoms with Gasteiger partial charge in [-0.25, -0.2) is 0 Å². The number of aryl methyl sites for hydroxylation is 4. The maximum Gasteiger partial charge on any atom is 0.230 e. The second-order valence-corrected chi connectivity index (χ2v) is 7.37. The van der Waals surface area contributed by atoms with E-state index in [-0.39, 0.29) is 17.9 Å². The molecule has 0 radical (unpaired) electrons. The van der Waals surface area contributed by atoms with Crippen LogP contribution in [0, 0.1) is 27.7 Å². The molecular formula is C19H29N5O. The standard InChI is InChI=1S/C19H29N5O/c1-12-10-13(2)24(20-12)11-17-8-7-9-23(17)19(25)14(3)18-15(4)21-22(6)16(18)5/h10,14,17H,7-9,11H2,1-6H3/t14-,17-/m0/s1. The quantitative estimate of drug-likeness (QED) is 0.857. The van der Waals surface area contributed by atoms with Crippen LogP contribution in [-0.4, -0.2) is 43.0 Å². The average Bonchev–Trinajstić information content (AvgIpc) is 3.19. The van der Waals surface area contributed by atoms with E-state index in [4.69, 9.17) is 0 Å². The van der Waals surface area contributed by atoms with Gasteiger partial charge in [-0.3, -0.25) is 14.2 Å². The Kier molecular flexibility index (Phi) is 4.71. The maximum atomic E-state index is 13.2. The third kappa shape index (κ3) is 3.22. The molecule has 136 valence electrons. The highest BCUT2D eigenvalue weighted by Crippen LogP contribution is 2.29. The Labute approximate surface area is 149 Å². The molecule has 0 saturated carbocycles. The van der Waals surface area contributed by atoms with Gasteiger partial charge in [-0.2, -0.15) is 10.2 Å². The van der Waals surface area contributed by atoms with Crippen LogP contribution in [0.4, 0.5) is 0 Å². The van der Waals surface area contributed by atoms with E-state index in [2.05, 4.69) is 28.1 Å². The fourth-order valence-electron chi connectivity index (χ4n) is 4.16. The Bertz CT molecular complexity index is 788. The van der Waals surface area contributed by atoms with E-state index >= 15 is 0 Å². The van der Waals surface area contributed by atoms with Crippen molar-refractivity contribution in [3.8, 4) is 0 Å². The summed E-state index contributed by atoms with van der Waals surface area (Å²) in [6.07, 6.45) is 2.11. The summed E-state index contributed by atoms with van der Waals surface area (Å²) in [6, 6.07) is 2.32. The minimum Gasteiger partial charge on any atom is -0.337 e. The molecule has 1 aliphatic heterocycles. The maximum absolute atomic E-state index is 13.2. The van der Waals surface area contributed by atoms with Crippen molar-refractivity contribution in [2.75, 3.05) is 6.54 Å². The Hall–Kier alpha value is -2.11. The molecule has 6 nitrogen and oxygen atoms in total. The van der Waals surface area contributed by atoms with E-state index < -0.39 is 0 Å². The summed E-state index contributed by atoms with van der Waals surface area (Å²) in [6.45, 7) is 11.7. The largest absolute Gasteiger partial charge is 0.337 e. The molecule has 25 heavy (non-hydrogen) atoms. The van der Waals surface area contributed by atoms with Crippen LogP contribution in [0.25, 0.3) is 0 Å². The highest BCUT2D eigenvalue weighted by molar-refractivity contribution is 5.84. The van der Waals surface area contributed by atoms with E-state index in [1.165, 1.54) is 0 Å². The van der Waals surface area contributed by atoms with Crippen molar-refractivity contribution >= 4 is 5.91 Å². The number of nitrogens with zero attached hydrogens (tertiary/aromatic N) is 5. The summed E-state index contributed by atoms with van der Waals surface area (Å²) in [7, 11) is 1.94. The lowest BCUT2D eigenvalue weighted by Crippen LogP contribution is -2.40. The lowest BCUT2D eigenvalue weighted by molar-refractivity contribution is -0.133. The second kappa shape index (κ2) is 6.65. The van der Waals surface area contributed by atoms with Crippen LogP contribution >= 0.6 is 0 Å². The van der Waals surface area contributed by atoms with Crippen molar-refractivity contribution in [2.45, 2.75) is 66.0 Å². The topological polar surface area (TPSA) is 56.0 Å². The number of amides is 1. The molecule has 0 spiro atoms. The van der Waals surface area contributed by atoms with Crippen molar-refractivity contribution in [1.82, 2.24) is 24.5 Å². The van der Waals surface area contributed by atoms with Crippen molar-refractivity contribution < 1.29 is 4.79 Å². The third-order valence-corrected chi connectivity index (χ3v) is 5.52. The molecular weight excluding hydrogens is 314 g/mol. The van der Waals surface area contributed by atoms with Gasteiger partial charge in [-0.15, -0.1) is 0 Å². The van der Waals surface area contributed by atoms with Crippen LogP contribution in [0.2, 0.25) is 0 Å². The SMILES string of the molecule is Cc1cc(C)n(C[C@@H]2CCCN2C(=O)[C@@H](C)c2c(C)nn(C)c2C)n1. The lowest BCUT2D eigenvalue weighted by atomic mass is 9.97. The molecule has 1 amide bonds. The number of rotatable bonds is 4. The number of aromatic nitrogens is 4. The highest BCUT2D eigenvalue weighted by Gasteiger charge is 2.34. The average molecular weight is 343 g/mol. The van der Waals surface area contributed by atoms with Gasteiger partial charge in [-0.05, 0) is 53.5 Å². The molecule has 0 N–H and O–H groups in total. The van der Waals surface area contributed by atoms with Crippen LogP contribution in [0.5, 0.6) is 0 Å². The first-order chi connectivity index (χ1) is 11.8. The van der Waals surface area contributed by atoms with Gasteiger partial charge in [-0.1, -0.05) is 0 Å². The van der Waals surface area contributed by atoms with Gasteiger partial charge in [0.25, 0.3) is 0 Å². The molecule has 0 aliphatic carbocycles.